The van der Waals surface area contributed by atoms with Crippen LogP contribution in [0.2, 0.25) is 10.0 Å². The van der Waals surface area contributed by atoms with E-state index in [-0.39, 0.29) is 15.7 Å². The third-order valence-electron chi connectivity index (χ3n) is 3.21. The Morgan fingerprint density at radius 3 is 2.24 bits per heavy atom. The van der Waals surface area contributed by atoms with Crippen LogP contribution in [0.3, 0.4) is 0 Å². The summed E-state index contributed by atoms with van der Waals surface area (Å²) in [6.07, 6.45) is -1.65. The third kappa shape index (κ3) is 3.83. The first-order chi connectivity index (χ1) is 11.6. The summed E-state index contributed by atoms with van der Waals surface area (Å²) in [5.74, 6) is 0.533. The minimum Gasteiger partial charge on any atom is -0.411 e. The first-order valence-corrected chi connectivity index (χ1v) is 8.68. The lowest BCUT2D eigenvalue weighted by atomic mass is 10.2. The van der Waals surface area contributed by atoms with Crippen LogP contribution in [0.25, 0.3) is 5.69 Å². The van der Waals surface area contributed by atoms with Crippen LogP contribution in [-0.4, -0.2) is 41.6 Å². The van der Waals surface area contributed by atoms with E-state index in [1.165, 1.54) is 16.4 Å². The molecule has 0 fully saturated rings. The highest BCUT2D eigenvalue weighted by molar-refractivity contribution is 7.98. The van der Waals surface area contributed by atoms with Gasteiger partial charge >= 0.3 is 6.18 Å². The molecule has 0 aliphatic heterocycles. The fourth-order valence-corrected chi connectivity index (χ4v) is 3.63. The average molecular weight is 413 g/mol. The maximum Gasteiger partial charge on any atom is 0.416 e. The molecule has 136 valence electrons. The Balaban J connectivity index is 2.78. The molecule has 0 aliphatic carbocycles. The molecular formula is C14H13Cl2F3N4OS. The first-order valence-electron chi connectivity index (χ1n) is 6.70. The Bertz CT molecular complexity index is 798. The van der Waals surface area contributed by atoms with Crippen LogP contribution in [0.15, 0.2) is 22.2 Å². The van der Waals surface area contributed by atoms with Crippen LogP contribution in [-0.2, 0) is 6.18 Å². The molecule has 0 spiro atoms. The molecule has 1 aromatic heterocycles. The van der Waals surface area contributed by atoms with Gasteiger partial charge in [-0.05, 0) is 18.4 Å². The van der Waals surface area contributed by atoms with Crippen LogP contribution in [0.5, 0.6) is 0 Å². The lowest BCUT2D eigenvalue weighted by Crippen LogP contribution is -2.16. The number of aromatic nitrogens is 2. The highest BCUT2D eigenvalue weighted by Crippen LogP contribution is 2.40. The van der Waals surface area contributed by atoms with E-state index in [0.29, 0.717) is 16.4 Å². The minimum absolute atomic E-state index is 0.105. The van der Waals surface area contributed by atoms with Crippen LogP contribution < -0.4 is 4.90 Å². The monoisotopic (exact) mass is 412 g/mol. The molecule has 0 saturated carbocycles. The van der Waals surface area contributed by atoms with E-state index < -0.39 is 11.7 Å². The number of anilines is 1. The third-order valence-corrected chi connectivity index (χ3v) is 4.58. The van der Waals surface area contributed by atoms with Gasteiger partial charge in [0.2, 0.25) is 0 Å². The van der Waals surface area contributed by atoms with Crippen LogP contribution in [0.1, 0.15) is 11.3 Å². The maximum atomic E-state index is 12.9. The van der Waals surface area contributed by atoms with E-state index in [1.54, 1.807) is 25.3 Å². The molecule has 1 aromatic carbocycles. The molecule has 1 heterocycles. The van der Waals surface area contributed by atoms with E-state index in [0.717, 1.165) is 18.3 Å². The second-order valence-electron chi connectivity index (χ2n) is 5.08. The number of benzene rings is 1. The lowest BCUT2D eigenvalue weighted by Gasteiger charge is -2.19. The summed E-state index contributed by atoms with van der Waals surface area (Å²) in [6.45, 7) is 0. The molecule has 2 rings (SSSR count). The minimum atomic E-state index is -4.57. The van der Waals surface area contributed by atoms with Crippen molar-refractivity contribution in [3.63, 3.8) is 0 Å². The summed E-state index contributed by atoms with van der Waals surface area (Å²) in [6, 6.07) is 1.59. The Labute approximate surface area is 156 Å². The molecule has 0 aliphatic rings. The summed E-state index contributed by atoms with van der Waals surface area (Å²) >= 11 is 13.5. The Kier molecular flexibility index (Phi) is 5.80. The number of nitrogens with zero attached hydrogens (tertiary/aromatic N) is 4. The summed E-state index contributed by atoms with van der Waals surface area (Å²) < 4.78 is 40.1. The second kappa shape index (κ2) is 7.35. The summed E-state index contributed by atoms with van der Waals surface area (Å²) in [5.41, 5.74) is -0.523. The molecule has 2 aromatic rings. The smallest absolute Gasteiger partial charge is 0.411 e. The van der Waals surface area contributed by atoms with Gasteiger partial charge in [-0.15, -0.1) is 11.8 Å². The van der Waals surface area contributed by atoms with E-state index in [2.05, 4.69) is 10.3 Å². The first kappa shape index (κ1) is 19.7. The van der Waals surface area contributed by atoms with Gasteiger partial charge in [-0.3, -0.25) is 0 Å². The van der Waals surface area contributed by atoms with Crippen molar-refractivity contribution in [2.24, 2.45) is 5.16 Å². The van der Waals surface area contributed by atoms with Gasteiger partial charge in [0.1, 0.15) is 17.2 Å². The highest BCUT2D eigenvalue weighted by Gasteiger charge is 2.33. The van der Waals surface area contributed by atoms with Gasteiger partial charge in [-0.2, -0.15) is 18.3 Å². The number of halogens is 5. The van der Waals surface area contributed by atoms with E-state index >= 15 is 0 Å². The average Bonchev–Trinajstić information content (AvgIpc) is 2.84. The molecule has 11 heteroatoms. The number of rotatable bonds is 4. The van der Waals surface area contributed by atoms with Crippen molar-refractivity contribution >= 4 is 47.0 Å². The molecule has 0 unspecified atom stereocenters. The zero-order valence-corrected chi connectivity index (χ0v) is 15.6. The van der Waals surface area contributed by atoms with Crippen LogP contribution in [0, 0.1) is 0 Å². The number of oxime groups is 1. The van der Waals surface area contributed by atoms with Gasteiger partial charge in [0, 0.05) is 14.1 Å². The molecule has 0 atom stereocenters. The number of hydrogen-bond donors (Lipinski definition) is 1. The van der Waals surface area contributed by atoms with E-state index in [1.807, 2.05) is 0 Å². The maximum absolute atomic E-state index is 12.9. The van der Waals surface area contributed by atoms with Crippen molar-refractivity contribution in [1.82, 2.24) is 9.78 Å². The zero-order chi connectivity index (χ0) is 18.9. The van der Waals surface area contributed by atoms with Gasteiger partial charge in [0.15, 0.2) is 0 Å². The normalized spacial score (nSPS) is 12.2. The van der Waals surface area contributed by atoms with Crippen molar-refractivity contribution in [3.8, 4) is 5.69 Å². The van der Waals surface area contributed by atoms with Gasteiger partial charge in [-0.25, -0.2) is 4.68 Å². The lowest BCUT2D eigenvalue weighted by molar-refractivity contribution is -0.137. The standard InChI is InChI=1S/C14H13Cl2F3N4OS/c1-22(2)13-12(25-3)10(6-20-24)21-23(13)11-8(15)4-7(5-9(11)16)14(17,18)19/h4-6,24H,1-3H3. The second-order valence-corrected chi connectivity index (χ2v) is 6.71. The Morgan fingerprint density at radius 2 is 1.84 bits per heavy atom. The van der Waals surface area contributed by atoms with Crippen LogP contribution in [0.4, 0.5) is 19.0 Å². The molecule has 0 bridgehead atoms. The molecule has 0 radical (unpaired) electrons. The van der Waals surface area contributed by atoms with Crippen LogP contribution >= 0.6 is 35.0 Å². The Morgan fingerprint density at radius 1 is 1.28 bits per heavy atom. The summed E-state index contributed by atoms with van der Waals surface area (Å²) in [7, 11) is 3.47. The van der Waals surface area contributed by atoms with E-state index in [9.17, 15) is 13.2 Å². The number of thioether (sulfide) groups is 1. The molecular weight excluding hydrogens is 400 g/mol. The van der Waals surface area contributed by atoms with E-state index in [4.69, 9.17) is 28.4 Å². The van der Waals surface area contributed by atoms with Crippen molar-refractivity contribution in [2.75, 3.05) is 25.3 Å². The largest absolute Gasteiger partial charge is 0.416 e. The van der Waals surface area contributed by atoms with Crippen molar-refractivity contribution < 1.29 is 18.4 Å². The summed E-state index contributed by atoms with van der Waals surface area (Å²) in [5, 5.41) is 15.6. The zero-order valence-electron chi connectivity index (χ0n) is 13.3. The fourth-order valence-electron chi connectivity index (χ4n) is 2.23. The topological polar surface area (TPSA) is 53.7 Å². The fraction of sp³-hybridized carbons (Fsp3) is 0.286. The van der Waals surface area contributed by atoms with Gasteiger partial charge in [-0.1, -0.05) is 28.4 Å². The quantitative estimate of drug-likeness (QED) is 0.339. The molecule has 5 nitrogen and oxygen atoms in total. The Hall–Kier alpha value is -1.58. The SMILES string of the molecule is CSc1c(C=NO)nn(-c2c(Cl)cc(C(F)(F)F)cc2Cl)c1N(C)C. The van der Waals surface area contributed by atoms with Gasteiger partial charge < -0.3 is 10.1 Å². The van der Waals surface area contributed by atoms with Crippen molar-refractivity contribution in [2.45, 2.75) is 11.1 Å². The summed E-state index contributed by atoms with van der Waals surface area (Å²) in [4.78, 5) is 2.35. The number of alkyl halides is 3. The van der Waals surface area contributed by atoms with Gasteiger partial charge in [0.25, 0.3) is 0 Å². The van der Waals surface area contributed by atoms with Crippen molar-refractivity contribution in [3.05, 3.63) is 33.4 Å². The highest BCUT2D eigenvalue weighted by atomic mass is 35.5. The molecule has 0 saturated heterocycles. The predicted octanol–water partition coefficient (Wildman–Crippen LogP) is 4.79. The van der Waals surface area contributed by atoms with Crippen molar-refractivity contribution in [1.29, 1.82) is 0 Å². The van der Waals surface area contributed by atoms with Gasteiger partial charge in [0.05, 0.1) is 26.7 Å². The molecule has 25 heavy (non-hydrogen) atoms. The molecule has 0 amide bonds. The molecule has 1 N–H and O–H groups in total. The number of hydrogen-bond acceptors (Lipinski definition) is 5. The predicted molar refractivity (Wildman–Crippen MR) is 94.1 cm³/mol.